The molecule has 2 amide bonds. The van der Waals surface area contributed by atoms with E-state index in [1.54, 1.807) is 28.6 Å². The van der Waals surface area contributed by atoms with Crippen LogP contribution in [0.3, 0.4) is 0 Å². The van der Waals surface area contributed by atoms with E-state index in [1.807, 2.05) is 23.1 Å². The van der Waals surface area contributed by atoms with Crippen molar-refractivity contribution in [1.82, 2.24) is 19.8 Å². The summed E-state index contributed by atoms with van der Waals surface area (Å²) in [5.41, 5.74) is 1.18. The van der Waals surface area contributed by atoms with E-state index < -0.39 is 6.10 Å². The molecule has 0 bridgehead atoms. The average Bonchev–Trinajstić information content (AvgIpc) is 3.15. The van der Waals surface area contributed by atoms with E-state index in [9.17, 15) is 9.59 Å². The Morgan fingerprint density at radius 3 is 2.61 bits per heavy atom. The molecular weight excluding hydrogens is 460 g/mol. The fourth-order valence-corrected chi connectivity index (χ4v) is 6.02. The zero-order valence-corrected chi connectivity index (χ0v) is 20.1. The molecule has 0 aliphatic carbocycles. The van der Waals surface area contributed by atoms with Crippen LogP contribution in [0, 0.1) is 13.8 Å². The average molecular weight is 485 g/mol. The van der Waals surface area contributed by atoms with Crippen molar-refractivity contribution in [3.63, 3.8) is 0 Å². The maximum Gasteiger partial charge on any atom is 0.267 e. The van der Waals surface area contributed by atoms with Crippen LogP contribution in [0.2, 0.25) is 0 Å². The number of rotatable bonds is 4. The molecule has 10 heteroatoms. The number of para-hydroxylation sites is 2. The van der Waals surface area contributed by atoms with E-state index in [4.69, 9.17) is 9.47 Å². The Balaban J connectivity index is 1.15. The van der Waals surface area contributed by atoms with Crippen LogP contribution in [0.15, 0.2) is 35.6 Å². The molecule has 3 aromatic rings. The third-order valence-electron chi connectivity index (χ3n) is 5.99. The lowest BCUT2D eigenvalue weighted by molar-refractivity contribution is -0.145. The minimum atomic E-state index is -0.657. The van der Waals surface area contributed by atoms with E-state index in [0.717, 1.165) is 15.2 Å². The molecule has 1 saturated heterocycles. The summed E-state index contributed by atoms with van der Waals surface area (Å²) in [4.78, 5) is 40.2. The van der Waals surface area contributed by atoms with Crippen LogP contribution in [-0.4, -0.2) is 76.2 Å². The van der Waals surface area contributed by atoms with Gasteiger partial charge < -0.3 is 19.3 Å². The molecule has 0 unspecified atom stereocenters. The summed E-state index contributed by atoms with van der Waals surface area (Å²) in [5, 5.41) is 1.89. The van der Waals surface area contributed by atoms with Gasteiger partial charge in [0, 0.05) is 36.4 Å². The molecule has 0 saturated carbocycles. The molecule has 0 N–H and O–H groups in total. The number of fused-ring (bicyclic) bond motifs is 2. The molecule has 0 spiro atoms. The summed E-state index contributed by atoms with van der Waals surface area (Å²) >= 11 is 3.10. The highest BCUT2D eigenvalue weighted by Crippen LogP contribution is 2.34. The van der Waals surface area contributed by atoms with Crippen LogP contribution >= 0.6 is 23.1 Å². The number of benzene rings is 1. The predicted octanol–water partition coefficient (Wildman–Crippen LogP) is 2.91. The minimum Gasteiger partial charge on any atom is -0.485 e. The molecule has 4 heterocycles. The Hall–Kier alpha value is -2.85. The third kappa shape index (κ3) is 4.37. The number of carbonyl (C=O) groups is 2. The number of hydrogen-bond acceptors (Lipinski definition) is 8. The van der Waals surface area contributed by atoms with Crippen molar-refractivity contribution in [3.8, 4) is 11.5 Å². The predicted molar refractivity (Wildman–Crippen MR) is 127 cm³/mol. The zero-order chi connectivity index (χ0) is 22.9. The molecule has 5 rings (SSSR count). The van der Waals surface area contributed by atoms with Crippen molar-refractivity contribution in [1.29, 1.82) is 0 Å². The van der Waals surface area contributed by atoms with Crippen LogP contribution in [-0.2, 0) is 9.59 Å². The van der Waals surface area contributed by atoms with Gasteiger partial charge in [-0.3, -0.25) is 9.59 Å². The van der Waals surface area contributed by atoms with Gasteiger partial charge in [-0.1, -0.05) is 23.9 Å². The second-order valence-corrected chi connectivity index (χ2v) is 10.2. The van der Waals surface area contributed by atoms with Crippen LogP contribution in [0.1, 0.15) is 10.4 Å². The number of nitrogens with zero attached hydrogens (tertiary/aromatic N) is 4. The lowest BCUT2D eigenvalue weighted by atomic mass is 10.2. The highest BCUT2D eigenvalue weighted by Gasteiger charge is 2.33. The molecule has 2 aromatic heterocycles. The minimum absolute atomic E-state index is 0.0506. The standard InChI is InChI=1S/C23H24N4O4S2/c1-14-15(2)33-22-20(14)21(24-13-25-22)32-12-19(28)26-7-9-27(10-8-26)23(29)18-11-30-16-5-3-4-6-17(16)31-18/h3-6,13,18H,7-12H2,1-2H3/t18-/m1/s1. The van der Waals surface area contributed by atoms with Gasteiger partial charge in [0.25, 0.3) is 5.91 Å². The number of amides is 2. The first kappa shape index (κ1) is 22.0. The number of ether oxygens (including phenoxy) is 2. The SMILES string of the molecule is Cc1sc2ncnc(SCC(=O)N3CCN(C(=O)[C@H]4COc5ccccc5O4)CC3)c2c1C. The number of piperazine rings is 1. The van der Waals surface area contributed by atoms with Crippen molar-refractivity contribution in [2.24, 2.45) is 0 Å². The zero-order valence-electron chi connectivity index (χ0n) is 18.4. The highest BCUT2D eigenvalue weighted by atomic mass is 32.2. The van der Waals surface area contributed by atoms with Gasteiger partial charge in [-0.2, -0.15) is 0 Å². The monoisotopic (exact) mass is 484 g/mol. The van der Waals surface area contributed by atoms with Gasteiger partial charge >= 0.3 is 0 Å². The Bertz CT molecular complexity index is 1210. The lowest BCUT2D eigenvalue weighted by Gasteiger charge is -2.37. The van der Waals surface area contributed by atoms with Gasteiger partial charge in [0.15, 0.2) is 11.5 Å². The molecule has 8 nitrogen and oxygen atoms in total. The third-order valence-corrected chi connectivity index (χ3v) is 8.08. The molecular formula is C23H24N4O4S2. The number of carbonyl (C=O) groups excluding carboxylic acids is 2. The first-order valence-electron chi connectivity index (χ1n) is 10.8. The van der Waals surface area contributed by atoms with Gasteiger partial charge in [0.1, 0.15) is 22.8 Å². The summed E-state index contributed by atoms with van der Waals surface area (Å²) < 4.78 is 11.5. The lowest BCUT2D eigenvalue weighted by Crippen LogP contribution is -2.55. The van der Waals surface area contributed by atoms with E-state index in [0.29, 0.717) is 43.4 Å². The first-order valence-corrected chi connectivity index (χ1v) is 12.6. The largest absolute Gasteiger partial charge is 0.485 e. The Morgan fingerprint density at radius 2 is 1.82 bits per heavy atom. The summed E-state index contributed by atoms with van der Waals surface area (Å²) in [5.74, 6) is 1.50. The molecule has 1 fully saturated rings. The molecule has 33 heavy (non-hydrogen) atoms. The van der Waals surface area contributed by atoms with Crippen molar-refractivity contribution >= 4 is 45.1 Å². The van der Waals surface area contributed by atoms with E-state index >= 15 is 0 Å². The molecule has 1 aromatic carbocycles. The van der Waals surface area contributed by atoms with Crippen molar-refractivity contribution in [2.45, 2.75) is 25.0 Å². The summed E-state index contributed by atoms with van der Waals surface area (Å²) in [7, 11) is 0. The highest BCUT2D eigenvalue weighted by molar-refractivity contribution is 8.00. The fourth-order valence-electron chi connectivity index (χ4n) is 4.00. The Kier molecular flexibility index (Phi) is 6.11. The van der Waals surface area contributed by atoms with Crippen molar-refractivity contribution in [3.05, 3.63) is 41.0 Å². The van der Waals surface area contributed by atoms with Gasteiger partial charge in [-0.05, 0) is 31.5 Å². The summed E-state index contributed by atoms with van der Waals surface area (Å²) in [6, 6.07) is 7.35. The van der Waals surface area contributed by atoms with Crippen LogP contribution in [0.5, 0.6) is 11.5 Å². The van der Waals surface area contributed by atoms with Crippen molar-refractivity contribution < 1.29 is 19.1 Å². The van der Waals surface area contributed by atoms with Crippen LogP contribution in [0.25, 0.3) is 10.2 Å². The first-order chi connectivity index (χ1) is 16.0. The van der Waals surface area contributed by atoms with Gasteiger partial charge in [0.2, 0.25) is 12.0 Å². The van der Waals surface area contributed by atoms with Crippen LogP contribution in [0.4, 0.5) is 0 Å². The van der Waals surface area contributed by atoms with E-state index in [1.165, 1.54) is 22.2 Å². The molecule has 2 aliphatic rings. The molecule has 2 aliphatic heterocycles. The number of aryl methyl sites for hydroxylation is 2. The number of thiophene rings is 1. The fraction of sp³-hybridized carbons (Fsp3) is 0.391. The quantitative estimate of drug-likeness (QED) is 0.416. The number of thioether (sulfide) groups is 1. The maximum atomic E-state index is 12.9. The molecule has 172 valence electrons. The van der Waals surface area contributed by atoms with Gasteiger partial charge in [-0.15, -0.1) is 11.3 Å². The van der Waals surface area contributed by atoms with E-state index in [-0.39, 0.29) is 18.4 Å². The smallest absolute Gasteiger partial charge is 0.267 e. The van der Waals surface area contributed by atoms with Crippen LogP contribution < -0.4 is 9.47 Å². The Labute approximate surface area is 199 Å². The second kappa shape index (κ2) is 9.18. The van der Waals surface area contributed by atoms with Gasteiger partial charge in [-0.25, -0.2) is 9.97 Å². The molecule has 0 radical (unpaired) electrons. The van der Waals surface area contributed by atoms with E-state index in [2.05, 4.69) is 23.8 Å². The Morgan fingerprint density at radius 1 is 1.09 bits per heavy atom. The summed E-state index contributed by atoms with van der Waals surface area (Å²) in [6.07, 6.45) is 0.903. The summed E-state index contributed by atoms with van der Waals surface area (Å²) in [6.45, 7) is 6.32. The molecule has 1 atom stereocenters. The van der Waals surface area contributed by atoms with Crippen molar-refractivity contribution in [2.75, 3.05) is 38.5 Å². The number of aromatic nitrogens is 2. The normalized spacial score (nSPS) is 17.9. The maximum absolute atomic E-state index is 12.9. The number of hydrogen-bond donors (Lipinski definition) is 0. The van der Waals surface area contributed by atoms with Gasteiger partial charge in [0.05, 0.1) is 5.75 Å². The second-order valence-electron chi connectivity index (χ2n) is 8.00. The topological polar surface area (TPSA) is 84.9 Å².